The van der Waals surface area contributed by atoms with Crippen LogP contribution in [-0.4, -0.2) is 64.7 Å². The van der Waals surface area contributed by atoms with Crippen LogP contribution in [0.3, 0.4) is 0 Å². The lowest BCUT2D eigenvalue weighted by Crippen LogP contribution is -2.49. The number of aromatic nitrogens is 1. The Kier molecular flexibility index (Phi) is 6.80. The maximum absolute atomic E-state index is 12.7. The molecule has 1 N–H and O–H groups in total. The summed E-state index contributed by atoms with van der Waals surface area (Å²) < 4.78 is 2.22. The summed E-state index contributed by atoms with van der Waals surface area (Å²) in [5, 5.41) is 18.5. The molecule has 0 radical (unpaired) electrons. The van der Waals surface area contributed by atoms with Crippen LogP contribution in [0.1, 0.15) is 30.3 Å². The number of carbonyl (C=O) groups excluding carboxylic acids is 1. The van der Waals surface area contributed by atoms with Crippen molar-refractivity contribution in [2.75, 3.05) is 39.3 Å². The lowest BCUT2D eigenvalue weighted by Gasteiger charge is -2.34. The molecular weight excluding hydrogens is 316 g/mol. The van der Waals surface area contributed by atoms with Crippen molar-refractivity contribution in [3.63, 3.8) is 0 Å². The van der Waals surface area contributed by atoms with Gasteiger partial charge in [0.15, 0.2) is 0 Å². The van der Waals surface area contributed by atoms with Gasteiger partial charge in [0.1, 0.15) is 11.6 Å². The second-order valence-electron chi connectivity index (χ2n) is 6.51. The zero-order valence-electron chi connectivity index (χ0n) is 15.5. The second kappa shape index (κ2) is 8.84. The van der Waals surface area contributed by atoms with E-state index in [1.54, 1.807) is 11.0 Å². The van der Waals surface area contributed by atoms with Gasteiger partial charge in [-0.05, 0) is 38.0 Å². The van der Waals surface area contributed by atoms with E-state index in [4.69, 9.17) is 5.11 Å². The maximum atomic E-state index is 12.7. The molecule has 2 rings (SSSR count). The number of β-amino-alcohol motifs (C(OH)–C–C–N with tert-alkyl or cyclic N) is 1. The van der Waals surface area contributed by atoms with Crippen LogP contribution in [0.2, 0.25) is 0 Å². The predicted molar refractivity (Wildman–Crippen MR) is 97.9 cm³/mol. The summed E-state index contributed by atoms with van der Waals surface area (Å²) in [5.41, 5.74) is 3.36. The van der Waals surface area contributed by atoms with Crippen molar-refractivity contribution in [1.82, 2.24) is 14.4 Å². The number of hydrogen-bond acceptors (Lipinski definition) is 4. The van der Waals surface area contributed by atoms with Crippen molar-refractivity contribution in [3.05, 3.63) is 28.6 Å². The van der Waals surface area contributed by atoms with E-state index in [0.29, 0.717) is 19.6 Å². The Labute approximate surface area is 149 Å². The summed E-state index contributed by atoms with van der Waals surface area (Å²) in [6.07, 6.45) is 2.76. The molecule has 0 spiro atoms. The Morgan fingerprint density at radius 3 is 2.52 bits per heavy atom. The summed E-state index contributed by atoms with van der Waals surface area (Å²) in [6, 6.07) is 4.12. The molecule has 6 nitrogen and oxygen atoms in total. The highest BCUT2D eigenvalue weighted by Gasteiger charge is 2.23. The fourth-order valence-corrected chi connectivity index (χ4v) is 3.33. The largest absolute Gasteiger partial charge is 0.395 e. The van der Waals surface area contributed by atoms with Gasteiger partial charge in [-0.1, -0.05) is 6.92 Å². The second-order valence-corrected chi connectivity index (χ2v) is 6.51. The molecule has 0 aromatic carbocycles. The molecule has 0 saturated carbocycles. The van der Waals surface area contributed by atoms with Crippen molar-refractivity contribution in [3.8, 4) is 6.07 Å². The number of aliphatic hydroxyl groups is 1. The lowest BCUT2D eigenvalue weighted by molar-refractivity contribution is -0.128. The van der Waals surface area contributed by atoms with Crippen LogP contribution >= 0.6 is 0 Å². The molecule has 0 unspecified atom stereocenters. The van der Waals surface area contributed by atoms with Crippen LogP contribution in [0.15, 0.2) is 11.6 Å². The Bertz CT molecular complexity index is 676. The van der Waals surface area contributed by atoms with Gasteiger partial charge in [-0.3, -0.25) is 9.69 Å². The molecule has 1 aliphatic rings. The fraction of sp³-hybridized carbons (Fsp3) is 0.579. The monoisotopic (exact) mass is 344 g/mol. The Morgan fingerprint density at radius 2 is 1.96 bits per heavy atom. The van der Waals surface area contributed by atoms with Gasteiger partial charge in [-0.25, -0.2) is 0 Å². The first-order valence-electron chi connectivity index (χ1n) is 8.92. The minimum atomic E-state index is -0.202. The normalized spacial score (nSPS) is 16.1. The quantitative estimate of drug-likeness (QED) is 0.628. The van der Waals surface area contributed by atoms with Gasteiger partial charge in [0.2, 0.25) is 0 Å². The average molecular weight is 344 g/mol. The van der Waals surface area contributed by atoms with Gasteiger partial charge in [0.25, 0.3) is 5.91 Å². The number of hydrogen-bond donors (Lipinski definition) is 1. The third-order valence-corrected chi connectivity index (χ3v) is 4.79. The van der Waals surface area contributed by atoms with Crippen LogP contribution in [0.5, 0.6) is 0 Å². The minimum Gasteiger partial charge on any atom is -0.395 e. The highest BCUT2D eigenvalue weighted by atomic mass is 16.3. The topological polar surface area (TPSA) is 72.5 Å². The maximum Gasteiger partial charge on any atom is 0.264 e. The molecule has 1 aromatic heterocycles. The van der Waals surface area contributed by atoms with Gasteiger partial charge in [-0.2, -0.15) is 5.26 Å². The van der Waals surface area contributed by atoms with E-state index in [-0.39, 0.29) is 18.1 Å². The van der Waals surface area contributed by atoms with E-state index in [2.05, 4.69) is 22.5 Å². The van der Waals surface area contributed by atoms with Crippen LogP contribution in [0, 0.1) is 25.2 Å². The number of aliphatic hydroxyl groups excluding tert-OH is 1. The first-order chi connectivity index (χ1) is 12.0. The number of aryl methyl sites for hydroxylation is 1. The van der Waals surface area contributed by atoms with Gasteiger partial charge >= 0.3 is 0 Å². The van der Waals surface area contributed by atoms with Gasteiger partial charge in [-0.15, -0.1) is 0 Å². The summed E-state index contributed by atoms with van der Waals surface area (Å²) in [4.78, 5) is 16.5. The third kappa shape index (κ3) is 4.50. The molecule has 1 saturated heterocycles. The van der Waals surface area contributed by atoms with Gasteiger partial charge < -0.3 is 14.6 Å². The fourth-order valence-electron chi connectivity index (χ4n) is 3.33. The van der Waals surface area contributed by atoms with Gasteiger partial charge in [0.05, 0.1) is 6.61 Å². The van der Waals surface area contributed by atoms with Crippen molar-refractivity contribution in [2.45, 2.75) is 33.7 Å². The van der Waals surface area contributed by atoms with Crippen molar-refractivity contribution in [1.29, 1.82) is 5.26 Å². The van der Waals surface area contributed by atoms with Crippen molar-refractivity contribution >= 4 is 12.0 Å². The van der Waals surface area contributed by atoms with E-state index in [1.807, 2.05) is 19.9 Å². The van der Waals surface area contributed by atoms with Crippen molar-refractivity contribution < 1.29 is 9.90 Å². The Balaban J connectivity index is 2.14. The zero-order chi connectivity index (χ0) is 18.4. The molecule has 1 aliphatic heterocycles. The molecule has 1 aromatic rings. The summed E-state index contributed by atoms with van der Waals surface area (Å²) in [7, 11) is 0. The van der Waals surface area contributed by atoms with Gasteiger partial charge in [0, 0.05) is 50.7 Å². The first kappa shape index (κ1) is 19.2. The SMILES string of the molecule is CCCn1c(C)cc(/C=C(/C#N)C(=O)N2CCN(CCO)CC2)c1C. The van der Waals surface area contributed by atoms with E-state index < -0.39 is 0 Å². The number of amides is 1. The Morgan fingerprint density at radius 1 is 1.28 bits per heavy atom. The standard InChI is InChI=1S/C19H28N4O2/c1-4-5-23-15(2)12-17(16(23)3)13-18(14-20)19(25)22-8-6-21(7-9-22)10-11-24/h12-13,24H,4-11H2,1-3H3/b18-13-. The summed E-state index contributed by atoms with van der Waals surface area (Å²) in [6.45, 7) is 10.6. The number of nitriles is 1. The zero-order valence-corrected chi connectivity index (χ0v) is 15.5. The smallest absolute Gasteiger partial charge is 0.264 e. The van der Waals surface area contributed by atoms with E-state index in [1.165, 1.54) is 0 Å². The number of rotatable bonds is 6. The molecule has 0 aliphatic carbocycles. The van der Waals surface area contributed by atoms with E-state index >= 15 is 0 Å². The molecule has 0 atom stereocenters. The van der Waals surface area contributed by atoms with Crippen molar-refractivity contribution in [2.24, 2.45) is 0 Å². The molecule has 136 valence electrons. The van der Waals surface area contributed by atoms with Crippen LogP contribution in [-0.2, 0) is 11.3 Å². The first-order valence-corrected chi connectivity index (χ1v) is 8.92. The third-order valence-electron chi connectivity index (χ3n) is 4.79. The highest BCUT2D eigenvalue weighted by molar-refractivity contribution is 6.01. The minimum absolute atomic E-state index is 0.130. The van der Waals surface area contributed by atoms with Crippen LogP contribution < -0.4 is 0 Å². The highest BCUT2D eigenvalue weighted by Crippen LogP contribution is 2.19. The summed E-state index contributed by atoms with van der Waals surface area (Å²) >= 11 is 0. The molecule has 25 heavy (non-hydrogen) atoms. The molecule has 1 amide bonds. The summed E-state index contributed by atoms with van der Waals surface area (Å²) in [5.74, 6) is -0.202. The molecular formula is C19H28N4O2. The lowest BCUT2D eigenvalue weighted by atomic mass is 10.1. The average Bonchev–Trinajstić information content (AvgIpc) is 2.88. The number of nitrogens with zero attached hydrogens (tertiary/aromatic N) is 4. The molecule has 6 heteroatoms. The Hall–Kier alpha value is -2.10. The molecule has 0 bridgehead atoms. The number of piperazine rings is 1. The molecule has 1 fully saturated rings. The van der Waals surface area contributed by atoms with E-state index in [0.717, 1.165) is 43.0 Å². The molecule has 2 heterocycles. The van der Waals surface area contributed by atoms with Crippen LogP contribution in [0.25, 0.3) is 6.08 Å². The predicted octanol–water partition coefficient (Wildman–Crippen LogP) is 1.56. The van der Waals surface area contributed by atoms with Crippen LogP contribution in [0.4, 0.5) is 0 Å². The number of carbonyl (C=O) groups is 1. The van der Waals surface area contributed by atoms with E-state index in [9.17, 15) is 10.1 Å².